The van der Waals surface area contributed by atoms with Gasteiger partial charge in [0.25, 0.3) is 11.7 Å². The number of ether oxygens (including phenoxy) is 4. The number of amides is 1. The number of ketones is 1. The second-order valence-electron chi connectivity index (χ2n) is 20.5. The van der Waals surface area contributed by atoms with Crippen molar-refractivity contribution in [1.29, 1.82) is 0 Å². The maximum atomic E-state index is 14.9. The summed E-state index contributed by atoms with van der Waals surface area (Å²) in [5.74, 6) is -6.86. The molecule has 378 valence electrons. The Labute approximate surface area is 409 Å². The lowest BCUT2D eigenvalue weighted by Crippen LogP contribution is -2.48. The van der Waals surface area contributed by atoms with E-state index in [9.17, 15) is 34.8 Å². The van der Waals surface area contributed by atoms with E-state index in [1.807, 2.05) is 38.1 Å². The summed E-state index contributed by atoms with van der Waals surface area (Å²) < 4.78 is 26.5. The Balaban J connectivity index is 1.33. The van der Waals surface area contributed by atoms with Gasteiger partial charge in [-0.2, -0.15) is 4.57 Å². The lowest BCUT2D eigenvalue weighted by Gasteiger charge is -2.38. The Morgan fingerprint density at radius 1 is 0.971 bits per heavy atom. The second kappa shape index (κ2) is 20.5. The number of carbonyl (C=O) groups is 3. The van der Waals surface area contributed by atoms with Crippen molar-refractivity contribution < 1.29 is 58.3 Å². The van der Waals surface area contributed by atoms with Gasteiger partial charge < -0.3 is 54.5 Å². The third kappa shape index (κ3) is 10.0. The van der Waals surface area contributed by atoms with Gasteiger partial charge in [0.2, 0.25) is 6.54 Å². The van der Waals surface area contributed by atoms with Gasteiger partial charge in [-0.15, -0.1) is 0 Å². The number of pyridine rings is 1. The van der Waals surface area contributed by atoms with Crippen molar-refractivity contribution in [2.75, 3.05) is 51.1 Å². The van der Waals surface area contributed by atoms with E-state index in [1.165, 1.54) is 20.3 Å². The van der Waals surface area contributed by atoms with Gasteiger partial charge in [-0.1, -0.05) is 59.8 Å². The van der Waals surface area contributed by atoms with E-state index in [0.717, 1.165) is 12.2 Å². The number of anilines is 2. The first kappa shape index (κ1) is 52.0. The molecule has 9 atom stereocenters. The molecule has 1 spiro atoms. The zero-order chi connectivity index (χ0) is 51.1. The monoisotopic (exact) mass is 968 g/mol. The van der Waals surface area contributed by atoms with Crippen LogP contribution in [0.25, 0.3) is 10.8 Å². The molecule has 0 aliphatic carbocycles. The zero-order valence-corrected chi connectivity index (χ0v) is 42.5. The van der Waals surface area contributed by atoms with Gasteiger partial charge in [-0.05, 0) is 25.8 Å². The van der Waals surface area contributed by atoms with Crippen LogP contribution in [0.4, 0.5) is 11.4 Å². The van der Waals surface area contributed by atoms with Crippen molar-refractivity contribution in [3.63, 3.8) is 0 Å². The van der Waals surface area contributed by atoms with Crippen LogP contribution < -0.4 is 30.2 Å². The Morgan fingerprint density at radius 3 is 2.27 bits per heavy atom. The fourth-order valence-electron chi connectivity index (χ4n) is 10.2. The summed E-state index contributed by atoms with van der Waals surface area (Å²) in [6.45, 7) is 18.2. The molecular weight excluding hydrogens is 897 g/mol. The zero-order valence-electron chi connectivity index (χ0n) is 42.5. The SMILES string of the molecule is CO[C@H]1/C=C/O[C@@]2(C)Oc3c(C)c(O)c4c(O)c(c5c(c4c3C2=O)NC2(CCN(CC(C)C)CC2)N=5)=NC(=O)/C(C)=C\C=C\[C@H](C)[C@H](O)[C@@H](C)[C@@H](O)[C@@H](C)[C@H](OC(=O)C[n+]2ccc(N(C)C)cc2)[C@@H]1C. The molecule has 1 amide bonds. The first-order valence-corrected chi connectivity index (χ1v) is 24.3. The number of rotatable bonds is 7. The van der Waals surface area contributed by atoms with E-state index in [2.05, 4.69) is 29.1 Å². The number of carbonyl (C=O) groups excluding carboxylic acids is 3. The van der Waals surface area contributed by atoms with Crippen LogP contribution in [0.2, 0.25) is 0 Å². The first-order valence-electron chi connectivity index (χ1n) is 24.3. The van der Waals surface area contributed by atoms with Gasteiger partial charge in [0.05, 0.1) is 41.2 Å². The van der Waals surface area contributed by atoms with E-state index >= 15 is 0 Å². The fraction of sp³-hybridized carbons (Fsp3) is 0.547. The number of methoxy groups -OCH3 is 1. The number of nitrogens with one attached hydrogen (secondary N) is 1. The molecule has 5 bridgehead atoms. The predicted octanol–water partition coefficient (Wildman–Crippen LogP) is 4.78. The number of piperidine rings is 1. The topological polar surface area (TPSA) is 216 Å². The molecular formula is C53H71N6O11+. The largest absolute Gasteiger partial charge is 0.507 e. The van der Waals surface area contributed by atoms with Crippen LogP contribution in [0.15, 0.2) is 70.7 Å². The highest BCUT2D eigenvalue weighted by Gasteiger charge is 2.51. The van der Waals surface area contributed by atoms with E-state index in [4.69, 9.17) is 23.9 Å². The van der Waals surface area contributed by atoms with Gasteiger partial charge >= 0.3 is 11.8 Å². The van der Waals surface area contributed by atoms with Crippen LogP contribution in [-0.4, -0.2) is 120 Å². The van der Waals surface area contributed by atoms with Crippen molar-refractivity contribution in [3.8, 4) is 17.2 Å². The number of aromatic hydroxyl groups is 2. The average molecular weight is 968 g/mol. The minimum Gasteiger partial charge on any atom is -0.507 e. The molecule has 5 aliphatic heterocycles. The van der Waals surface area contributed by atoms with Crippen LogP contribution in [0.1, 0.15) is 84.2 Å². The van der Waals surface area contributed by atoms with Crippen molar-refractivity contribution in [2.45, 2.75) is 118 Å². The van der Waals surface area contributed by atoms with Crippen LogP contribution >= 0.6 is 0 Å². The van der Waals surface area contributed by atoms with Gasteiger partial charge in [-0.3, -0.25) is 14.6 Å². The van der Waals surface area contributed by atoms with E-state index in [-0.39, 0.29) is 56.2 Å². The lowest BCUT2D eigenvalue weighted by molar-refractivity contribution is -0.686. The highest BCUT2D eigenvalue weighted by Crippen LogP contribution is 2.51. The molecule has 0 saturated carbocycles. The first-order chi connectivity index (χ1) is 33.0. The van der Waals surface area contributed by atoms with Gasteiger partial charge in [-0.25, -0.2) is 9.79 Å². The molecule has 1 saturated heterocycles. The summed E-state index contributed by atoms with van der Waals surface area (Å²) in [6.07, 6.45) is 8.41. The Morgan fingerprint density at radius 2 is 1.64 bits per heavy atom. The third-order valence-electron chi connectivity index (χ3n) is 14.6. The molecule has 5 N–H and O–H groups in total. The molecule has 5 aliphatic rings. The standard InChI is InChI=1S/C53H70N6O11/c1-28(2)26-59-23-19-53(20-24-59)55-41-38-39-46(63)34(8)49-40(38)50(65)52(9,70-49)68-25-18-36(67-12)31(5)48(69-37(60)27-58-21-16-35(17-22-58)57(10)11)33(7)45(62)32(6)44(61)29(3)14-13-15-30(4)51(66)54-43(47(39)64)42(41)56-53/h13-18,21-22,25,28-29,31-33,36,44-45,48,61-62H,19-20,23-24,26-27H2,1-12H3,(H2-,54,55,56,63,64,65,66)/p+1/b14-13+,25-18+,30-15-/t29-,31+,32+,33+,36-,44-,45+,48+,52-/m0/s1. The predicted molar refractivity (Wildman–Crippen MR) is 263 cm³/mol. The molecule has 3 aromatic rings. The number of benzene rings is 2. The number of aliphatic hydroxyl groups excluding tert-OH is 2. The molecule has 17 nitrogen and oxygen atoms in total. The van der Waals surface area contributed by atoms with Crippen molar-refractivity contribution in [2.24, 2.45) is 39.6 Å². The van der Waals surface area contributed by atoms with E-state index < -0.39 is 82.9 Å². The van der Waals surface area contributed by atoms with Crippen molar-refractivity contribution in [3.05, 3.63) is 82.5 Å². The second-order valence-corrected chi connectivity index (χ2v) is 20.5. The van der Waals surface area contributed by atoms with E-state index in [0.29, 0.717) is 37.5 Å². The highest BCUT2D eigenvalue weighted by molar-refractivity contribution is 6.21. The number of likely N-dealkylation sites (tertiary alicyclic amines) is 1. The maximum Gasteiger partial charge on any atom is 0.372 e. The summed E-state index contributed by atoms with van der Waals surface area (Å²) in [4.78, 5) is 56.6. The molecule has 6 heterocycles. The van der Waals surface area contributed by atoms with E-state index in [1.54, 1.807) is 75.9 Å². The molecule has 0 unspecified atom stereocenters. The lowest BCUT2D eigenvalue weighted by atomic mass is 9.78. The summed E-state index contributed by atoms with van der Waals surface area (Å²) in [5, 5.41) is 51.4. The number of phenolic OH excluding ortho intramolecular Hbond substituents is 2. The summed E-state index contributed by atoms with van der Waals surface area (Å²) in [6, 6.07) is 3.75. The van der Waals surface area contributed by atoms with Gasteiger partial charge in [0.15, 0.2) is 18.1 Å². The number of Topliss-reactive ketones (excluding diaryl/α,β-unsaturated/α-hetero) is 1. The molecule has 2 aromatic carbocycles. The summed E-state index contributed by atoms with van der Waals surface area (Å²) >= 11 is 0. The van der Waals surface area contributed by atoms with Gasteiger partial charge in [0.1, 0.15) is 34.0 Å². The summed E-state index contributed by atoms with van der Waals surface area (Å²) in [7, 11) is 5.32. The maximum absolute atomic E-state index is 14.9. The third-order valence-corrected chi connectivity index (χ3v) is 14.6. The molecule has 17 heteroatoms. The minimum atomic E-state index is -1.98. The number of fused-ring (bicyclic) bond motifs is 13. The molecule has 8 rings (SSSR count). The number of phenols is 2. The van der Waals surface area contributed by atoms with Crippen LogP contribution in [-0.2, 0) is 30.3 Å². The number of hydrogen-bond acceptors (Lipinski definition) is 15. The Bertz CT molecular complexity index is 2730. The van der Waals surface area contributed by atoms with Gasteiger partial charge in [0, 0.05) is 119 Å². The number of nitrogens with zero attached hydrogens (tertiary/aromatic N) is 5. The minimum absolute atomic E-state index is 0.0457. The average Bonchev–Trinajstić information content (AvgIpc) is 3.82. The molecule has 0 radical (unpaired) electrons. The van der Waals surface area contributed by atoms with Crippen LogP contribution in [0, 0.1) is 36.5 Å². The van der Waals surface area contributed by atoms with Crippen LogP contribution in [0.5, 0.6) is 17.2 Å². The molecule has 1 fully saturated rings. The normalized spacial score (nSPS) is 29.9. The quantitative estimate of drug-likeness (QED) is 0.122. The number of esters is 1. The summed E-state index contributed by atoms with van der Waals surface area (Å²) in [5.41, 5.74) is 0.794. The Hall–Kier alpha value is -5.88. The highest BCUT2D eigenvalue weighted by atomic mass is 16.7. The number of aromatic nitrogens is 1. The number of allylic oxidation sites excluding steroid dienone is 2. The molecule has 70 heavy (non-hydrogen) atoms. The molecule has 1 aromatic heterocycles. The van der Waals surface area contributed by atoms with Crippen molar-refractivity contribution >= 4 is 39.8 Å². The number of hydrogen-bond donors (Lipinski definition) is 5. The fourth-order valence-corrected chi connectivity index (χ4v) is 10.2. The van der Waals surface area contributed by atoms with Crippen molar-refractivity contribution in [1.82, 2.24) is 4.90 Å². The number of aliphatic hydroxyl groups is 2. The smallest absolute Gasteiger partial charge is 0.372 e. The Kier molecular flexibility index (Phi) is 15.2. The van der Waals surface area contributed by atoms with Crippen LogP contribution in [0.3, 0.4) is 0 Å².